The van der Waals surface area contributed by atoms with Gasteiger partial charge in [0.25, 0.3) is 0 Å². The lowest BCUT2D eigenvalue weighted by Gasteiger charge is -2.12. The quantitative estimate of drug-likeness (QED) is 0.937. The van der Waals surface area contributed by atoms with Crippen LogP contribution >= 0.6 is 15.9 Å². The van der Waals surface area contributed by atoms with Gasteiger partial charge in [-0.05, 0) is 58.6 Å². The maximum atomic E-state index is 10.2. The van der Waals surface area contributed by atoms with Gasteiger partial charge in [0.15, 0.2) is 0 Å². The Morgan fingerprint density at radius 2 is 2.00 bits per heavy atom. The van der Waals surface area contributed by atoms with Crippen LogP contribution in [-0.2, 0) is 6.42 Å². The van der Waals surface area contributed by atoms with Crippen LogP contribution in [0.1, 0.15) is 28.5 Å². The van der Waals surface area contributed by atoms with E-state index in [0.29, 0.717) is 12.1 Å². The highest BCUT2D eigenvalue weighted by atomic mass is 79.9. The monoisotopic (exact) mass is 305 g/mol. The molecule has 1 unspecified atom stereocenters. The fourth-order valence-electron chi connectivity index (χ4n) is 1.89. The zero-order valence-corrected chi connectivity index (χ0v) is 12.1. The second-order valence-electron chi connectivity index (χ2n) is 4.51. The average Bonchev–Trinajstić information content (AvgIpc) is 2.34. The highest BCUT2D eigenvalue weighted by Gasteiger charge is 2.13. The molecule has 2 rings (SSSR count). The summed E-state index contributed by atoms with van der Waals surface area (Å²) in [7, 11) is 0. The minimum atomic E-state index is -0.581. The van der Waals surface area contributed by atoms with E-state index in [1.54, 1.807) is 6.20 Å². The lowest BCUT2D eigenvalue weighted by atomic mass is 10.0. The third-order valence-corrected chi connectivity index (χ3v) is 3.77. The number of aromatic nitrogens is 1. The molecule has 0 saturated heterocycles. The molecular weight excluding hydrogens is 290 g/mol. The van der Waals surface area contributed by atoms with Crippen molar-refractivity contribution in [2.75, 3.05) is 0 Å². The summed E-state index contributed by atoms with van der Waals surface area (Å²) in [6.45, 7) is 4.17. The topological polar surface area (TPSA) is 33.1 Å². The standard InChI is InChI=1S/C15H16BrNO/c1-10-5-6-12(8-11(10)2)9-14(18)15-13(16)4-3-7-17-15/h3-8,14,18H,9H2,1-2H3. The first-order valence-electron chi connectivity index (χ1n) is 5.92. The van der Waals surface area contributed by atoms with Crippen LogP contribution < -0.4 is 0 Å². The maximum absolute atomic E-state index is 10.2. The van der Waals surface area contributed by atoms with Crippen LogP contribution in [-0.4, -0.2) is 10.1 Å². The van der Waals surface area contributed by atoms with Crippen molar-refractivity contribution in [3.63, 3.8) is 0 Å². The zero-order valence-electron chi connectivity index (χ0n) is 10.5. The molecule has 0 saturated carbocycles. The van der Waals surface area contributed by atoms with Crippen molar-refractivity contribution in [3.8, 4) is 0 Å². The molecule has 3 heteroatoms. The van der Waals surface area contributed by atoms with Crippen LogP contribution in [0, 0.1) is 13.8 Å². The molecule has 0 bridgehead atoms. The number of benzene rings is 1. The highest BCUT2D eigenvalue weighted by Crippen LogP contribution is 2.24. The Labute approximate surface area is 116 Å². The van der Waals surface area contributed by atoms with Gasteiger partial charge in [0.05, 0.1) is 5.69 Å². The molecule has 18 heavy (non-hydrogen) atoms. The van der Waals surface area contributed by atoms with Crippen LogP contribution in [0.2, 0.25) is 0 Å². The molecule has 0 aliphatic carbocycles. The molecule has 1 N–H and O–H groups in total. The third kappa shape index (κ3) is 2.98. The molecule has 0 radical (unpaired) electrons. The summed E-state index contributed by atoms with van der Waals surface area (Å²) in [4.78, 5) is 4.22. The number of pyridine rings is 1. The van der Waals surface area contributed by atoms with Crippen molar-refractivity contribution < 1.29 is 5.11 Å². The SMILES string of the molecule is Cc1ccc(CC(O)c2ncccc2Br)cc1C. The van der Waals surface area contributed by atoms with Crippen LogP contribution in [0.5, 0.6) is 0 Å². The van der Waals surface area contributed by atoms with E-state index in [0.717, 1.165) is 10.0 Å². The molecule has 1 heterocycles. The Bertz CT molecular complexity index is 554. The van der Waals surface area contributed by atoms with E-state index in [2.05, 4.69) is 53.0 Å². The van der Waals surface area contributed by atoms with Gasteiger partial charge in [-0.15, -0.1) is 0 Å². The van der Waals surface area contributed by atoms with Crippen molar-refractivity contribution in [3.05, 3.63) is 63.4 Å². The van der Waals surface area contributed by atoms with Crippen LogP contribution in [0.4, 0.5) is 0 Å². The molecule has 0 aliphatic heterocycles. The molecule has 0 fully saturated rings. The van der Waals surface area contributed by atoms with Crippen LogP contribution in [0.25, 0.3) is 0 Å². The average molecular weight is 306 g/mol. The summed E-state index contributed by atoms with van der Waals surface area (Å²) in [5, 5.41) is 10.2. The first-order chi connectivity index (χ1) is 8.58. The van der Waals surface area contributed by atoms with Gasteiger partial charge in [-0.3, -0.25) is 4.98 Å². The van der Waals surface area contributed by atoms with Crippen molar-refractivity contribution in [2.24, 2.45) is 0 Å². The van der Waals surface area contributed by atoms with Gasteiger partial charge in [-0.2, -0.15) is 0 Å². The number of nitrogens with zero attached hydrogens (tertiary/aromatic N) is 1. The first kappa shape index (κ1) is 13.2. The maximum Gasteiger partial charge on any atom is 0.101 e. The highest BCUT2D eigenvalue weighted by molar-refractivity contribution is 9.10. The lowest BCUT2D eigenvalue weighted by Crippen LogP contribution is -2.05. The summed E-state index contributed by atoms with van der Waals surface area (Å²) in [5.41, 5.74) is 4.34. The predicted octanol–water partition coefficient (Wildman–Crippen LogP) is 3.74. The minimum Gasteiger partial charge on any atom is -0.386 e. The van der Waals surface area contributed by atoms with E-state index in [9.17, 15) is 5.11 Å². The van der Waals surface area contributed by atoms with Gasteiger partial charge in [0.2, 0.25) is 0 Å². The van der Waals surface area contributed by atoms with Crippen molar-refractivity contribution in [1.82, 2.24) is 4.98 Å². The van der Waals surface area contributed by atoms with E-state index >= 15 is 0 Å². The van der Waals surface area contributed by atoms with Gasteiger partial charge in [0.1, 0.15) is 6.10 Å². The van der Waals surface area contributed by atoms with E-state index in [4.69, 9.17) is 0 Å². The molecule has 0 amide bonds. The number of aliphatic hydroxyl groups is 1. The van der Waals surface area contributed by atoms with Crippen molar-refractivity contribution in [2.45, 2.75) is 26.4 Å². The number of aryl methyl sites for hydroxylation is 2. The van der Waals surface area contributed by atoms with Crippen LogP contribution in [0.15, 0.2) is 41.0 Å². The van der Waals surface area contributed by atoms with E-state index in [-0.39, 0.29) is 0 Å². The summed E-state index contributed by atoms with van der Waals surface area (Å²) in [6.07, 6.45) is 1.70. The molecule has 0 aliphatic rings. The fourth-order valence-corrected chi connectivity index (χ4v) is 2.41. The molecule has 2 aromatic rings. The molecule has 1 aromatic heterocycles. The first-order valence-corrected chi connectivity index (χ1v) is 6.72. The van der Waals surface area contributed by atoms with E-state index in [1.165, 1.54) is 11.1 Å². The van der Waals surface area contributed by atoms with Gasteiger partial charge < -0.3 is 5.11 Å². The normalized spacial score (nSPS) is 12.4. The van der Waals surface area contributed by atoms with Crippen molar-refractivity contribution >= 4 is 15.9 Å². The van der Waals surface area contributed by atoms with Gasteiger partial charge in [0, 0.05) is 17.1 Å². The lowest BCUT2D eigenvalue weighted by molar-refractivity contribution is 0.173. The third-order valence-electron chi connectivity index (χ3n) is 3.10. The summed E-state index contributed by atoms with van der Waals surface area (Å²) >= 11 is 3.41. The molecule has 0 spiro atoms. The van der Waals surface area contributed by atoms with Gasteiger partial charge >= 0.3 is 0 Å². The Hall–Kier alpha value is -1.19. The molecule has 1 aromatic carbocycles. The molecular formula is C15H16BrNO. The Morgan fingerprint density at radius 1 is 1.22 bits per heavy atom. The molecule has 94 valence electrons. The minimum absolute atomic E-state index is 0.580. The Morgan fingerprint density at radius 3 is 2.67 bits per heavy atom. The largest absolute Gasteiger partial charge is 0.386 e. The Kier molecular flexibility index (Phi) is 4.15. The van der Waals surface area contributed by atoms with Gasteiger partial charge in [-0.25, -0.2) is 0 Å². The number of rotatable bonds is 3. The second kappa shape index (κ2) is 5.63. The molecule has 1 atom stereocenters. The predicted molar refractivity (Wildman–Crippen MR) is 76.5 cm³/mol. The van der Waals surface area contributed by atoms with Crippen LogP contribution in [0.3, 0.4) is 0 Å². The van der Waals surface area contributed by atoms with Gasteiger partial charge in [-0.1, -0.05) is 18.2 Å². The number of hydrogen-bond donors (Lipinski definition) is 1. The number of hydrogen-bond acceptors (Lipinski definition) is 2. The smallest absolute Gasteiger partial charge is 0.101 e. The second-order valence-corrected chi connectivity index (χ2v) is 5.36. The fraction of sp³-hybridized carbons (Fsp3) is 0.267. The van der Waals surface area contributed by atoms with E-state index in [1.807, 2.05) is 12.1 Å². The number of halogens is 1. The summed E-state index contributed by atoms with van der Waals surface area (Å²) < 4.78 is 0.848. The summed E-state index contributed by atoms with van der Waals surface area (Å²) in [5.74, 6) is 0. The molecule has 2 nitrogen and oxygen atoms in total. The van der Waals surface area contributed by atoms with Crippen molar-refractivity contribution in [1.29, 1.82) is 0 Å². The zero-order chi connectivity index (χ0) is 13.1. The summed E-state index contributed by atoms with van der Waals surface area (Å²) in [6, 6.07) is 10.0. The Balaban J connectivity index is 2.19. The number of aliphatic hydroxyl groups excluding tert-OH is 1. The van der Waals surface area contributed by atoms with E-state index < -0.39 is 6.10 Å².